The number of H-pyrrole nitrogens is 1. The largest absolute Gasteiger partial charge is 0.496 e. The van der Waals surface area contributed by atoms with E-state index in [1.54, 1.807) is 18.2 Å². The molecule has 6 nitrogen and oxygen atoms in total. The normalized spacial score (nSPS) is 16.4. The highest BCUT2D eigenvalue weighted by atomic mass is 79.9. The van der Waals surface area contributed by atoms with Crippen molar-refractivity contribution in [1.29, 1.82) is 0 Å². The predicted octanol–water partition coefficient (Wildman–Crippen LogP) is 4.62. The van der Waals surface area contributed by atoms with Gasteiger partial charge in [0, 0.05) is 32.9 Å². The molecular weight excluding hydrogens is 420 g/mol. The van der Waals surface area contributed by atoms with Gasteiger partial charge in [-0.05, 0) is 34.1 Å². The van der Waals surface area contributed by atoms with Crippen molar-refractivity contribution in [2.24, 2.45) is 0 Å². The van der Waals surface area contributed by atoms with Crippen LogP contribution < -0.4 is 9.64 Å². The lowest BCUT2D eigenvalue weighted by Crippen LogP contribution is -2.31. The van der Waals surface area contributed by atoms with Gasteiger partial charge < -0.3 is 4.74 Å². The minimum Gasteiger partial charge on any atom is -0.496 e. The number of fused-ring (bicyclic) bond motifs is 1. The molecule has 28 heavy (non-hydrogen) atoms. The highest BCUT2D eigenvalue weighted by Gasteiger charge is 2.46. The van der Waals surface area contributed by atoms with Crippen molar-refractivity contribution < 1.29 is 9.53 Å². The first-order valence-electron chi connectivity index (χ1n) is 8.99. The number of anilines is 1. The molecule has 0 bridgehead atoms. The maximum Gasteiger partial charge on any atom is 0.281 e. The molecule has 0 unspecified atom stereocenters. The summed E-state index contributed by atoms with van der Waals surface area (Å²) in [5.41, 5.74) is 2.95. The Morgan fingerprint density at radius 2 is 1.93 bits per heavy atom. The van der Waals surface area contributed by atoms with Crippen LogP contribution in [0.1, 0.15) is 54.1 Å². The number of benzene rings is 1. The average Bonchev–Trinajstić information content (AvgIpc) is 3.22. The lowest BCUT2D eigenvalue weighted by atomic mass is 9.85. The summed E-state index contributed by atoms with van der Waals surface area (Å²) in [5, 5.41) is 7.47. The van der Waals surface area contributed by atoms with Crippen LogP contribution in [0, 0.1) is 0 Å². The Bertz CT molecular complexity index is 1040. The van der Waals surface area contributed by atoms with Gasteiger partial charge in [0.25, 0.3) is 5.91 Å². The summed E-state index contributed by atoms with van der Waals surface area (Å²) in [6.07, 6.45) is 1.69. The summed E-state index contributed by atoms with van der Waals surface area (Å²) < 4.78 is 6.47. The van der Waals surface area contributed by atoms with Crippen LogP contribution in [0.3, 0.4) is 0 Å². The van der Waals surface area contributed by atoms with Crippen molar-refractivity contribution in [3.8, 4) is 5.75 Å². The lowest BCUT2D eigenvalue weighted by Gasteiger charge is -2.28. The number of amides is 1. The summed E-state index contributed by atoms with van der Waals surface area (Å²) in [6, 6.07) is 11.1. The number of nitrogens with one attached hydrogen (secondary N) is 1. The van der Waals surface area contributed by atoms with Crippen molar-refractivity contribution in [3.63, 3.8) is 0 Å². The lowest BCUT2D eigenvalue weighted by molar-refractivity contribution is 0.0988. The highest BCUT2D eigenvalue weighted by Crippen LogP contribution is 2.46. The van der Waals surface area contributed by atoms with E-state index >= 15 is 0 Å². The Morgan fingerprint density at radius 3 is 2.57 bits per heavy atom. The van der Waals surface area contributed by atoms with Gasteiger partial charge in [-0.3, -0.25) is 14.8 Å². The number of pyridine rings is 1. The maximum atomic E-state index is 13.4. The molecule has 144 valence electrons. The molecule has 0 aliphatic carbocycles. The number of carbonyl (C=O) groups is 1. The fraction of sp³-hybridized carbons (Fsp3) is 0.286. The van der Waals surface area contributed by atoms with Crippen LogP contribution in [0.15, 0.2) is 47.1 Å². The van der Waals surface area contributed by atoms with E-state index in [2.05, 4.69) is 51.9 Å². The summed E-state index contributed by atoms with van der Waals surface area (Å²) in [6.45, 7) is 6.31. The zero-order chi connectivity index (χ0) is 20.1. The Balaban J connectivity index is 1.98. The second-order valence-electron chi connectivity index (χ2n) is 7.77. The number of para-hydroxylation sites is 1. The van der Waals surface area contributed by atoms with Crippen LogP contribution in [0.2, 0.25) is 0 Å². The highest BCUT2D eigenvalue weighted by molar-refractivity contribution is 9.10. The number of ether oxygens (including phenoxy) is 1. The smallest absolute Gasteiger partial charge is 0.281 e. The van der Waals surface area contributed by atoms with Gasteiger partial charge in [-0.15, -0.1) is 0 Å². The first-order valence-corrected chi connectivity index (χ1v) is 9.79. The average molecular weight is 441 g/mol. The van der Waals surface area contributed by atoms with E-state index in [9.17, 15) is 4.79 Å². The van der Waals surface area contributed by atoms with Crippen molar-refractivity contribution in [2.75, 3.05) is 12.0 Å². The molecule has 1 amide bonds. The molecule has 0 radical (unpaired) electrons. The first-order chi connectivity index (χ1) is 13.3. The molecule has 3 heterocycles. The monoisotopic (exact) mass is 440 g/mol. The van der Waals surface area contributed by atoms with Crippen LogP contribution in [-0.2, 0) is 5.41 Å². The molecule has 1 aliphatic rings. The number of halogens is 1. The molecule has 0 saturated carbocycles. The first kappa shape index (κ1) is 18.7. The topological polar surface area (TPSA) is 71.1 Å². The van der Waals surface area contributed by atoms with E-state index in [4.69, 9.17) is 4.74 Å². The van der Waals surface area contributed by atoms with E-state index in [0.717, 1.165) is 27.0 Å². The number of methoxy groups -OCH3 is 1. The van der Waals surface area contributed by atoms with Gasteiger partial charge in [-0.2, -0.15) is 5.10 Å². The van der Waals surface area contributed by atoms with Crippen molar-refractivity contribution in [2.45, 2.75) is 32.2 Å². The van der Waals surface area contributed by atoms with Crippen molar-refractivity contribution in [1.82, 2.24) is 15.2 Å². The molecule has 1 N–H and O–H groups in total. The number of carbonyl (C=O) groups excluding carboxylic acids is 1. The quantitative estimate of drug-likeness (QED) is 0.644. The second kappa shape index (κ2) is 6.74. The number of aromatic amines is 1. The second-order valence-corrected chi connectivity index (χ2v) is 8.68. The number of hydrogen-bond acceptors (Lipinski definition) is 4. The third-order valence-corrected chi connectivity index (χ3v) is 5.37. The van der Waals surface area contributed by atoms with Gasteiger partial charge in [0.1, 0.15) is 11.6 Å². The minimum atomic E-state index is -0.375. The Labute approximate surface area is 172 Å². The Kier molecular flexibility index (Phi) is 4.50. The van der Waals surface area contributed by atoms with E-state index in [0.29, 0.717) is 11.5 Å². The fourth-order valence-electron chi connectivity index (χ4n) is 3.65. The maximum absolute atomic E-state index is 13.4. The molecular formula is C21H21BrN4O2. The van der Waals surface area contributed by atoms with Crippen molar-refractivity contribution in [3.05, 3.63) is 69.6 Å². The molecule has 0 fully saturated rings. The number of nitrogens with zero attached hydrogens (tertiary/aromatic N) is 3. The minimum absolute atomic E-state index is 0.174. The van der Waals surface area contributed by atoms with Gasteiger partial charge in [0.15, 0.2) is 5.69 Å². The van der Waals surface area contributed by atoms with Crippen LogP contribution in [0.4, 0.5) is 5.82 Å². The number of hydrogen-bond donors (Lipinski definition) is 1. The molecule has 0 saturated heterocycles. The Hall–Kier alpha value is -2.67. The third kappa shape index (κ3) is 2.90. The molecule has 2 aromatic heterocycles. The van der Waals surface area contributed by atoms with Gasteiger partial charge in [-0.1, -0.05) is 39.0 Å². The van der Waals surface area contributed by atoms with Gasteiger partial charge in [0.2, 0.25) is 0 Å². The number of aromatic nitrogens is 3. The van der Waals surface area contributed by atoms with Gasteiger partial charge >= 0.3 is 0 Å². The molecule has 3 aromatic rings. The zero-order valence-corrected chi connectivity index (χ0v) is 17.7. The zero-order valence-electron chi connectivity index (χ0n) is 16.2. The molecule has 1 atom stereocenters. The molecule has 1 aromatic carbocycles. The van der Waals surface area contributed by atoms with Crippen LogP contribution in [0.25, 0.3) is 0 Å². The SMILES string of the molecule is COc1ccccc1[C@@H]1c2c(n[nH]c2C(C)(C)C)C(=O)N1c1ccc(Br)cn1. The molecule has 1 aliphatic heterocycles. The van der Waals surface area contributed by atoms with Crippen LogP contribution >= 0.6 is 15.9 Å². The molecule has 0 spiro atoms. The van der Waals surface area contributed by atoms with Crippen molar-refractivity contribution >= 4 is 27.7 Å². The van der Waals surface area contributed by atoms with Gasteiger partial charge in [-0.25, -0.2) is 4.98 Å². The van der Waals surface area contributed by atoms with E-state index in [1.165, 1.54) is 0 Å². The summed E-state index contributed by atoms with van der Waals surface area (Å²) in [5.74, 6) is 1.12. The summed E-state index contributed by atoms with van der Waals surface area (Å²) in [7, 11) is 1.64. The summed E-state index contributed by atoms with van der Waals surface area (Å²) in [4.78, 5) is 19.5. The standard InChI is InChI=1S/C21H21BrN4O2/c1-21(2,3)19-16-17(24-25-19)20(27)26(15-10-9-12(22)11-23-15)18(16)13-7-5-6-8-14(13)28-4/h5-11,18H,1-4H3,(H,24,25)/t18-/m1/s1. The molecule has 4 rings (SSSR count). The van der Waals surface area contributed by atoms with E-state index < -0.39 is 0 Å². The summed E-state index contributed by atoms with van der Waals surface area (Å²) >= 11 is 3.41. The Morgan fingerprint density at radius 1 is 1.18 bits per heavy atom. The third-order valence-electron chi connectivity index (χ3n) is 4.90. The van der Waals surface area contributed by atoms with Crippen LogP contribution in [-0.4, -0.2) is 28.2 Å². The number of rotatable bonds is 3. The van der Waals surface area contributed by atoms with Crippen LogP contribution in [0.5, 0.6) is 5.75 Å². The van der Waals surface area contributed by atoms with E-state index in [1.807, 2.05) is 36.4 Å². The molecule has 7 heteroatoms. The predicted molar refractivity (Wildman–Crippen MR) is 111 cm³/mol. The fourth-order valence-corrected chi connectivity index (χ4v) is 3.88. The van der Waals surface area contributed by atoms with Gasteiger partial charge in [0.05, 0.1) is 13.2 Å². The van der Waals surface area contributed by atoms with E-state index in [-0.39, 0.29) is 17.4 Å².